The van der Waals surface area contributed by atoms with Crippen LogP contribution in [0.3, 0.4) is 0 Å². The molecule has 2 rings (SSSR count). The summed E-state index contributed by atoms with van der Waals surface area (Å²) in [7, 11) is -3.06. The molecule has 0 spiro atoms. The molecule has 2 heterocycles. The van der Waals surface area contributed by atoms with Gasteiger partial charge in [-0.3, -0.25) is 0 Å². The molecule has 17 heavy (non-hydrogen) atoms. The van der Waals surface area contributed by atoms with Crippen LogP contribution in [0.4, 0.5) is 0 Å². The van der Waals surface area contributed by atoms with Crippen molar-refractivity contribution in [3.63, 3.8) is 0 Å². The van der Waals surface area contributed by atoms with Gasteiger partial charge in [0.2, 0.25) is 0 Å². The summed E-state index contributed by atoms with van der Waals surface area (Å²) in [6, 6.07) is 1.32. The normalized spacial score (nSPS) is 25.7. The van der Waals surface area contributed by atoms with Gasteiger partial charge in [-0.05, 0) is 38.3 Å². The van der Waals surface area contributed by atoms with E-state index in [1.54, 1.807) is 0 Å². The first-order valence-corrected chi connectivity index (χ1v) is 7.67. The van der Waals surface area contributed by atoms with Gasteiger partial charge in [0.05, 0.1) is 17.0 Å². The average molecular weight is 257 g/mol. The molecule has 4 nitrogen and oxygen atoms in total. The monoisotopic (exact) mass is 257 g/mol. The molecule has 0 bridgehead atoms. The van der Waals surface area contributed by atoms with Gasteiger partial charge in [-0.2, -0.15) is 0 Å². The summed E-state index contributed by atoms with van der Waals surface area (Å²) >= 11 is 0. The van der Waals surface area contributed by atoms with Gasteiger partial charge in [-0.1, -0.05) is 6.42 Å². The zero-order valence-electron chi connectivity index (χ0n) is 10.3. The number of hydrogen-bond acceptors (Lipinski definition) is 4. The highest BCUT2D eigenvalue weighted by atomic mass is 32.2. The van der Waals surface area contributed by atoms with E-state index in [0.29, 0.717) is 12.2 Å². The van der Waals surface area contributed by atoms with Crippen LogP contribution in [0.15, 0.2) is 10.5 Å². The third-order valence-corrected chi connectivity index (χ3v) is 5.85. The summed E-state index contributed by atoms with van der Waals surface area (Å²) in [5, 5.41) is -0.485. The van der Waals surface area contributed by atoms with Crippen molar-refractivity contribution in [2.45, 2.75) is 44.4 Å². The van der Waals surface area contributed by atoms with Crippen LogP contribution in [0.1, 0.15) is 42.4 Å². The molecule has 0 saturated carbocycles. The van der Waals surface area contributed by atoms with E-state index in [4.69, 9.17) is 10.2 Å². The van der Waals surface area contributed by atoms with Crippen LogP contribution < -0.4 is 5.73 Å². The summed E-state index contributed by atoms with van der Waals surface area (Å²) in [4.78, 5) is 0. The highest BCUT2D eigenvalue weighted by Gasteiger charge is 2.35. The lowest BCUT2D eigenvalue weighted by Crippen LogP contribution is -2.37. The minimum atomic E-state index is -3.06. The number of hydrogen-bond donors (Lipinski definition) is 1. The largest absolute Gasteiger partial charge is 0.464 e. The zero-order valence-corrected chi connectivity index (χ0v) is 11.1. The van der Waals surface area contributed by atoms with E-state index in [2.05, 4.69) is 0 Å². The molecule has 0 radical (unpaired) electrons. The van der Waals surface area contributed by atoms with E-state index >= 15 is 0 Å². The maximum Gasteiger partial charge on any atom is 0.155 e. The minimum Gasteiger partial charge on any atom is -0.464 e. The summed E-state index contributed by atoms with van der Waals surface area (Å²) in [5.74, 6) is 1.66. The fraction of sp³-hybridized carbons (Fsp3) is 0.667. The van der Waals surface area contributed by atoms with Gasteiger partial charge in [0.15, 0.2) is 9.84 Å². The average Bonchev–Trinajstić information content (AvgIpc) is 2.58. The molecule has 1 fully saturated rings. The Balaban J connectivity index is 2.27. The third-order valence-electron chi connectivity index (χ3n) is 3.54. The molecule has 96 valence electrons. The molecule has 2 atom stereocenters. The highest BCUT2D eigenvalue weighted by molar-refractivity contribution is 7.92. The molecular weight excluding hydrogens is 238 g/mol. The van der Waals surface area contributed by atoms with Crippen LogP contribution >= 0.6 is 0 Å². The van der Waals surface area contributed by atoms with Crippen LogP contribution in [0.2, 0.25) is 0 Å². The summed E-state index contributed by atoms with van der Waals surface area (Å²) in [6.07, 6.45) is 2.32. The SMILES string of the molecule is Cc1cc(C(N)C2CCCCS2(=O)=O)oc1C. The Morgan fingerprint density at radius 1 is 1.41 bits per heavy atom. The van der Waals surface area contributed by atoms with E-state index in [0.717, 1.165) is 24.2 Å². The number of aryl methyl sites for hydroxylation is 2. The second kappa shape index (κ2) is 4.46. The quantitative estimate of drug-likeness (QED) is 0.877. The van der Waals surface area contributed by atoms with Gasteiger partial charge in [-0.25, -0.2) is 8.42 Å². The van der Waals surface area contributed by atoms with E-state index in [1.165, 1.54) is 0 Å². The molecule has 1 aromatic heterocycles. The number of rotatable bonds is 2. The Hall–Kier alpha value is -0.810. The Labute approximate surface area is 102 Å². The molecular formula is C12H19NO3S. The van der Waals surface area contributed by atoms with Gasteiger partial charge >= 0.3 is 0 Å². The predicted molar refractivity (Wildman–Crippen MR) is 66.5 cm³/mol. The first kappa shape index (κ1) is 12.6. The minimum absolute atomic E-state index is 0.254. The molecule has 2 unspecified atom stereocenters. The maximum atomic E-state index is 12.0. The fourth-order valence-electron chi connectivity index (χ4n) is 2.33. The lowest BCUT2D eigenvalue weighted by molar-refractivity contribution is 0.415. The van der Waals surface area contributed by atoms with Crippen molar-refractivity contribution in [2.75, 3.05) is 5.75 Å². The Morgan fingerprint density at radius 3 is 2.65 bits per heavy atom. The molecule has 1 aliphatic heterocycles. The van der Waals surface area contributed by atoms with Crippen molar-refractivity contribution in [3.05, 3.63) is 23.2 Å². The van der Waals surface area contributed by atoms with Crippen molar-refractivity contribution in [1.29, 1.82) is 0 Å². The van der Waals surface area contributed by atoms with E-state index in [-0.39, 0.29) is 5.75 Å². The highest BCUT2D eigenvalue weighted by Crippen LogP contribution is 2.30. The van der Waals surface area contributed by atoms with Gasteiger partial charge in [0.1, 0.15) is 11.5 Å². The van der Waals surface area contributed by atoms with Gasteiger partial charge in [0, 0.05) is 0 Å². The zero-order chi connectivity index (χ0) is 12.6. The van der Waals surface area contributed by atoms with Crippen molar-refractivity contribution < 1.29 is 12.8 Å². The molecule has 5 heteroatoms. The standard InChI is InChI=1S/C12H19NO3S/c1-8-7-10(16-9(8)2)12(13)11-5-3-4-6-17(11,14)15/h7,11-12H,3-6,13H2,1-2H3. The molecule has 1 aliphatic rings. The van der Waals surface area contributed by atoms with Crippen LogP contribution in [0.25, 0.3) is 0 Å². The Bertz CT molecular complexity index is 484. The molecule has 0 aliphatic carbocycles. The van der Waals surface area contributed by atoms with Crippen LogP contribution in [0, 0.1) is 13.8 Å². The summed E-state index contributed by atoms with van der Waals surface area (Å²) in [6.45, 7) is 3.80. The molecule has 0 aromatic carbocycles. The smallest absolute Gasteiger partial charge is 0.155 e. The molecule has 1 saturated heterocycles. The van der Waals surface area contributed by atoms with Gasteiger partial charge < -0.3 is 10.2 Å². The lowest BCUT2D eigenvalue weighted by atomic mass is 10.1. The van der Waals surface area contributed by atoms with Crippen molar-refractivity contribution >= 4 is 9.84 Å². The van der Waals surface area contributed by atoms with Crippen molar-refractivity contribution in [3.8, 4) is 0 Å². The number of nitrogens with two attached hydrogens (primary N) is 1. The van der Waals surface area contributed by atoms with Crippen LogP contribution in [0.5, 0.6) is 0 Å². The first-order valence-electron chi connectivity index (χ1n) is 5.96. The summed E-state index contributed by atoms with van der Waals surface area (Å²) in [5.41, 5.74) is 7.07. The molecule has 1 aromatic rings. The van der Waals surface area contributed by atoms with Crippen LogP contribution in [-0.4, -0.2) is 19.4 Å². The summed E-state index contributed by atoms with van der Waals surface area (Å²) < 4.78 is 29.5. The van der Waals surface area contributed by atoms with Crippen molar-refractivity contribution in [2.24, 2.45) is 5.73 Å². The first-order chi connectivity index (χ1) is 7.92. The van der Waals surface area contributed by atoms with E-state index in [9.17, 15) is 8.42 Å². The fourth-order valence-corrected chi connectivity index (χ4v) is 4.35. The van der Waals surface area contributed by atoms with E-state index < -0.39 is 21.1 Å². The molecule has 2 N–H and O–H groups in total. The predicted octanol–water partition coefficient (Wildman–Crippen LogP) is 1.86. The van der Waals surface area contributed by atoms with Gasteiger partial charge in [-0.15, -0.1) is 0 Å². The number of furan rings is 1. The van der Waals surface area contributed by atoms with Gasteiger partial charge in [0.25, 0.3) is 0 Å². The Morgan fingerprint density at radius 2 is 2.12 bits per heavy atom. The maximum absolute atomic E-state index is 12.0. The third kappa shape index (κ3) is 2.40. The lowest BCUT2D eigenvalue weighted by Gasteiger charge is -2.26. The molecule has 0 amide bonds. The Kier molecular flexibility index (Phi) is 3.32. The van der Waals surface area contributed by atoms with E-state index in [1.807, 2.05) is 19.9 Å². The topological polar surface area (TPSA) is 73.3 Å². The second-order valence-corrected chi connectivity index (χ2v) is 7.15. The number of sulfone groups is 1. The second-order valence-electron chi connectivity index (χ2n) is 4.81. The van der Waals surface area contributed by atoms with Crippen LogP contribution in [-0.2, 0) is 9.84 Å². The van der Waals surface area contributed by atoms with Crippen molar-refractivity contribution in [1.82, 2.24) is 0 Å².